The molecule has 1 aromatic carbocycles. The Morgan fingerprint density at radius 1 is 1.00 bits per heavy atom. The Balaban J connectivity index is 1.51. The average Bonchev–Trinajstić information content (AvgIpc) is 2.88. The van der Waals surface area contributed by atoms with E-state index in [0.717, 1.165) is 45.3 Å². The molecule has 1 fully saturated rings. The van der Waals surface area contributed by atoms with Crippen LogP contribution in [0.2, 0.25) is 0 Å². The highest BCUT2D eigenvalue weighted by Crippen LogP contribution is 2.23. The summed E-state index contributed by atoms with van der Waals surface area (Å²) in [5.41, 5.74) is 5.52. The fourth-order valence-corrected chi connectivity index (χ4v) is 3.64. The van der Waals surface area contributed by atoms with Crippen molar-refractivity contribution in [3.63, 3.8) is 0 Å². The molecule has 0 saturated carbocycles. The van der Waals surface area contributed by atoms with Gasteiger partial charge in [0.1, 0.15) is 0 Å². The standard InChI is InChI=1S/C22H30N2O/c1-17-4-8-20(9-5-17)12-14-23-16-19(3)24(22(23)25)15-13-21-10-6-18(2)7-11-21/h4-6,8-10,19H,7,11-16H2,1-3H3. The minimum absolute atomic E-state index is 0.211. The quantitative estimate of drug-likeness (QED) is 0.736. The molecule has 1 aliphatic heterocycles. The second-order valence-corrected chi connectivity index (χ2v) is 7.59. The normalized spacial score (nSPS) is 20.8. The molecule has 0 spiro atoms. The Morgan fingerprint density at radius 2 is 1.76 bits per heavy atom. The number of nitrogens with zero attached hydrogens (tertiary/aromatic N) is 2. The predicted molar refractivity (Wildman–Crippen MR) is 104 cm³/mol. The third-order valence-corrected chi connectivity index (χ3v) is 5.44. The molecule has 1 unspecified atom stereocenters. The minimum Gasteiger partial charge on any atom is -0.322 e. The number of hydrogen-bond acceptors (Lipinski definition) is 1. The SMILES string of the molecule is CC1=CC=C(CCN2C(=O)N(CCc3ccc(C)cc3)CC2C)CC1. The zero-order chi connectivity index (χ0) is 17.8. The highest BCUT2D eigenvalue weighted by atomic mass is 16.2. The van der Waals surface area contributed by atoms with Crippen LogP contribution in [0.3, 0.4) is 0 Å². The number of benzene rings is 1. The molecule has 2 aliphatic rings. The van der Waals surface area contributed by atoms with E-state index in [1.165, 1.54) is 22.3 Å². The summed E-state index contributed by atoms with van der Waals surface area (Å²) in [6.07, 6.45) is 8.72. The fourth-order valence-electron chi connectivity index (χ4n) is 3.64. The van der Waals surface area contributed by atoms with E-state index in [1.807, 2.05) is 4.90 Å². The summed E-state index contributed by atoms with van der Waals surface area (Å²) in [5.74, 6) is 0. The largest absolute Gasteiger partial charge is 0.322 e. The van der Waals surface area contributed by atoms with Crippen LogP contribution in [0, 0.1) is 6.92 Å². The maximum Gasteiger partial charge on any atom is 0.320 e. The van der Waals surface area contributed by atoms with E-state index in [-0.39, 0.29) is 6.03 Å². The molecular formula is C22H30N2O. The van der Waals surface area contributed by atoms with Crippen LogP contribution in [0.25, 0.3) is 0 Å². The smallest absolute Gasteiger partial charge is 0.320 e. The fraction of sp³-hybridized carbons (Fsp3) is 0.500. The number of urea groups is 1. The van der Waals surface area contributed by atoms with E-state index in [0.29, 0.717) is 6.04 Å². The predicted octanol–water partition coefficient (Wildman–Crippen LogP) is 4.72. The van der Waals surface area contributed by atoms with E-state index in [1.54, 1.807) is 0 Å². The summed E-state index contributed by atoms with van der Waals surface area (Å²) >= 11 is 0. The lowest BCUT2D eigenvalue weighted by Gasteiger charge is -2.22. The molecule has 0 bridgehead atoms. The van der Waals surface area contributed by atoms with Crippen molar-refractivity contribution < 1.29 is 4.79 Å². The summed E-state index contributed by atoms with van der Waals surface area (Å²) in [7, 11) is 0. The summed E-state index contributed by atoms with van der Waals surface area (Å²) in [6.45, 7) is 8.97. The Hall–Kier alpha value is -2.03. The van der Waals surface area contributed by atoms with Crippen LogP contribution in [-0.2, 0) is 6.42 Å². The van der Waals surface area contributed by atoms with Gasteiger partial charge >= 0.3 is 6.03 Å². The summed E-state index contributed by atoms with van der Waals surface area (Å²) in [5, 5.41) is 0. The molecule has 25 heavy (non-hydrogen) atoms. The molecule has 1 atom stereocenters. The lowest BCUT2D eigenvalue weighted by molar-refractivity contribution is 0.188. The Morgan fingerprint density at radius 3 is 2.44 bits per heavy atom. The first-order valence-electron chi connectivity index (χ1n) is 9.49. The van der Waals surface area contributed by atoms with Crippen LogP contribution in [0.1, 0.15) is 44.2 Å². The van der Waals surface area contributed by atoms with E-state index in [4.69, 9.17) is 0 Å². The van der Waals surface area contributed by atoms with Crippen molar-refractivity contribution in [2.45, 2.75) is 52.5 Å². The number of allylic oxidation sites excluding steroid dienone is 3. The van der Waals surface area contributed by atoms with Gasteiger partial charge in [0, 0.05) is 25.7 Å². The van der Waals surface area contributed by atoms with E-state index in [2.05, 4.69) is 62.1 Å². The van der Waals surface area contributed by atoms with Gasteiger partial charge in [-0.1, -0.05) is 53.1 Å². The molecule has 1 saturated heterocycles. The van der Waals surface area contributed by atoms with Crippen molar-refractivity contribution in [3.8, 4) is 0 Å². The number of aryl methyl sites for hydroxylation is 1. The van der Waals surface area contributed by atoms with Gasteiger partial charge in [-0.2, -0.15) is 0 Å². The van der Waals surface area contributed by atoms with Gasteiger partial charge in [0.15, 0.2) is 0 Å². The summed E-state index contributed by atoms with van der Waals surface area (Å²) < 4.78 is 0. The van der Waals surface area contributed by atoms with Crippen molar-refractivity contribution in [3.05, 3.63) is 58.7 Å². The van der Waals surface area contributed by atoms with Gasteiger partial charge in [-0.3, -0.25) is 0 Å². The molecule has 1 aromatic rings. The molecule has 3 rings (SSSR count). The lowest BCUT2D eigenvalue weighted by atomic mass is 9.97. The van der Waals surface area contributed by atoms with Crippen molar-refractivity contribution in [1.82, 2.24) is 9.80 Å². The van der Waals surface area contributed by atoms with Crippen LogP contribution in [-0.4, -0.2) is 41.5 Å². The minimum atomic E-state index is 0.211. The van der Waals surface area contributed by atoms with E-state index in [9.17, 15) is 4.79 Å². The van der Waals surface area contributed by atoms with Crippen LogP contribution < -0.4 is 0 Å². The number of carbonyl (C=O) groups is 1. The molecular weight excluding hydrogens is 308 g/mol. The van der Waals surface area contributed by atoms with Gasteiger partial charge in [-0.15, -0.1) is 0 Å². The zero-order valence-electron chi connectivity index (χ0n) is 15.8. The number of carbonyl (C=O) groups excluding carboxylic acids is 1. The maximum absolute atomic E-state index is 12.7. The van der Waals surface area contributed by atoms with E-state index < -0.39 is 0 Å². The number of hydrogen-bond donors (Lipinski definition) is 0. The number of amides is 2. The molecule has 2 amide bonds. The van der Waals surface area contributed by atoms with Gasteiger partial charge < -0.3 is 9.80 Å². The molecule has 0 N–H and O–H groups in total. The summed E-state index contributed by atoms with van der Waals surface area (Å²) in [4.78, 5) is 16.8. The Labute approximate surface area is 152 Å². The third kappa shape index (κ3) is 4.53. The third-order valence-electron chi connectivity index (χ3n) is 5.44. The maximum atomic E-state index is 12.7. The zero-order valence-corrected chi connectivity index (χ0v) is 15.8. The van der Waals surface area contributed by atoms with Gasteiger partial charge in [0.2, 0.25) is 0 Å². The Bertz CT molecular complexity index is 672. The van der Waals surface area contributed by atoms with Gasteiger partial charge in [-0.25, -0.2) is 4.79 Å². The monoisotopic (exact) mass is 338 g/mol. The van der Waals surface area contributed by atoms with Crippen molar-refractivity contribution in [1.29, 1.82) is 0 Å². The van der Waals surface area contributed by atoms with Crippen molar-refractivity contribution >= 4 is 6.03 Å². The highest BCUT2D eigenvalue weighted by molar-refractivity contribution is 5.77. The Kier molecular flexibility index (Phi) is 5.62. The lowest BCUT2D eigenvalue weighted by Crippen LogP contribution is -2.35. The first-order valence-corrected chi connectivity index (χ1v) is 9.49. The van der Waals surface area contributed by atoms with Gasteiger partial charge in [-0.05, 0) is 52.0 Å². The van der Waals surface area contributed by atoms with E-state index >= 15 is 0 Å². The molecule has 1 aliphatic carbocycles. The second kappa shape index (κ2) is 7.90. The van der Waals surface area contributed by atoms with Crippen LogP contribution in [0.5, 0.6) is 0 Å². The molecule has 3 heteroatoms. The summed E-state index contributed by atoms with van der Waals surface area (Å²) in [6, 6.07) is 9.15. The van der Waals surface area contributed by atoms with Crippen molar-refractivity contribution in [2.24, 2.45) is 0 Å². The number of rotatable bonds is 6. The van der Waals surface area contributed by atoms with Crippen LogP contribution in [0.15, 0.2) is 47.6 Å². The van der Waals surface area contributed by atoms with Gasteiger partial charge in [0.05, 0.1) is 0 Å². The molecule has 0 radical (unpaired) electrons. The second-order valence-electron chi connectivity index (χ2n) is 7.59. The first-order chi connectivity index (χ1) is 12.0. The van der Waals surface area contributed by atoms with Crippen molar-refractivity contribution in [2.75, 3.05) is 19.6 Å². The topological polar surface area (TPSA) is 23.6 Å². The average molecular weight is 338 g/mol. The molecule has 0 aromatic heterocycles. The van der Waals surface area contributed by atoms with Crippen LogP contribution >= 0.6 is 0 Å². The van der Waals surface area contributed by atoms with Gasteiger partial charge in [0.25, 0.3) is 0 Å². The highest BCUT2D eigenvalue weighted by Gasteiger charge is 2.33. The first kappa shape index (κ1) is 17.8. The molecule has 3 nitrogen and oxygen atoms in total. The molecule has 1 heterocycles. The van der Waals surface area contributed by atoms with Crippen LogP contribution in [0.4, 0.5) is 4.79 Å². The molecule has 134 valence electrons.